The van der Waals surface area contributed by atoms with Crippen LogP contribution >= 0.6 is 11.3 Å². The Bertz CT molecular complexity index is 951. The Morgan fingerprint density at radius 3 is 2.67 bits per heavy atom. The number of rotatable bonds is 6. The van der Waals surface area contributed by atoms with E-state index >= 15 is 0 Å². The monoisotopic (exact) mass is 381 g/mol. The molecule has 0 bridgehead atoms. The number of hydrogen-bond acceptors (Lipinski definition) is 5. The average molecular weight is 381 g/mol. The summed E-state index contributed by atoms with van der Waals surface area (Å²) in [7, 11) is 1.58. The number of amides is 1. The second-order valence-electron chi connectivity index (χ2n) is 5.90. The molecule has 0 spiro atoms. The van der Waals surface area contributed by atoms with Crippen LogP contribution in [0.3, 0.4) is 0 Å². The molecule has 0 saturated heterocycles. The standard InChI is InChI=1S/C21H19NO4S/c1-14-8-9-18(25-2)16(11-14)13-26-21(24)15-5-3-6-17(12-15)22-20(23)19-7-4-10-27-19/h3-12H,13H2,1-2H3,(H,22,23). The van der Waals surface area contributed by atoms with Crippen molar-refractivity contribution >= 4 is 28.9 Å². The van der Waals surface area contributed by atoms with E-state index < -0.39 is 5.97 Å². The van der Waals surface area contributed by atoms with Crippen LogP contribution in [0.2, 0.25) is 0 Å². The number of anilines is 1. The number of thiophene rings is 1. The molecule has 0 unspecified atom stereocenters. The lowest BCUT2D eigenvalue weighted by Gasteiger charge is -2.11. The van der Waals surface area contributed by atoms with E-state index in [1.54, 1.807) is 37.4 Å². The summed E-state index contributed by atoms with van der Waals surface area (Å²) in [6.07, 6.45) is 0. The molecule has 6 heteroatoms. The van der Waals surface area contributed by atoms with Crippen LogP contribution < -0.4 is 10.1 Å². The highest BCUT2D eigenvalue weighted by Crippen LogP contribution is 2.21. The Kier molecular flexibility index (Phi) is 5.88. The van der Waals surface area contributed by atoms with Gasteiger partial charge in [0, 0.05) is 11.3 Å². The van der Waals surface area contributed by atoms with E-state index in [9.17, 15) is 9.59 Å². The number of ether oxygens (including phenoxy) is 2. The molecule has 1 aromatic heterocycles. The zero-order chi connectivity index (χ0) is 19.2. The molecular weight excluding hydrogens is 362 g/mol. The molecule has 0 saturated carbocycles. The van der Waals surface area contributed by atoms with Crippen molar-refractivity contribution in [3.8, 4) is 5.75 Å². The van der Waals surface area contributed by atoms with Crippen LogP contribution in [0.25, 0.3) is 0 Å². The number of benzene rings is 2. The van der Waals surface area contributed by atoms with Gasteiger partial charge in [0.05, 0.1) is 17.6 Å². The van der Waals surface area contributed by atoms with Crippen molar-refractivity contribution < 1.29 is 19.1 Å². The molecule has 2 aromatic carbocycles. The van der Waals surface area contributed by atoms with Gasteiger partial charge in [-0.1, -0.05) is 23.8 Å². The number of methoxy groups -OCH3 is 1. The predicted molar refractivity (Wildman–Crippen MR) is 106 cm³/mol. The molecule has 3 aromatic rings. The average Bonchev–Trinajstić information content (AvgIpc) is 3.21. The van der Waals surface area contributed by atoms with Gasteiger partial charge in [0.1, 0.15) is 12.4 Å². The number of aryl methyl sites for hydroxylation is 1. The van der Waals surface area contributed by atoms with Gasteiger partial charge in [0.25, 0.3) is 5.91 Å². The molecular formula is C21H19NO4S. The molecule has 1 amide bonds. The normalized spacial score (nSPS) is 10.3. The third-order valence-corrected chi connectivity index (χ3v) is 4.76. The SMILES string of the molecule is COc1ccc(C)cc1COC(=O)c1cccc(NC(=O)c2cccs2)c1. The van der Waals surface area contributed by atoms with Crippen molar-refractivity contribution in [2.24, 2.45) is 0 Å². The van der Waals surface area contributed by atoms with E-state index in [0.717, 1.165) is 11.1 Å². The van der Waals surface area contributed by atoms with Crippen LogP contribution in [-0.2, 0) is 11.3 Å². The molecule has 0 aliphatic heterocycles. The van der Waals surface area contributed by atoms with Gasteiger partial charge in [-0.05, 0) is 48.7 Å². The number of nitrogens with one attached hydrogen (secondary N) is 1. The zero-order valence-corrected chi connectivity index (χ0v) is 15.8. The van der Waals surface area contributed by atoms with Crippen LogP contribution in [0.4, 0.5) is 5.69 Å². The van der Waals surface area contributed by atoms with Crippen LogP contribution in [0.15, 0.2) is 60.0 Å². The van der Waals surface area contributed by atoms with Gasteiger partial charge in [-0.3, -0.25) is 4.79 Å². The lowest BCUT2D eigenvalue weighted by atomic mass is 10.1. The maximum absolute atomic E-state index is 12.4. The number of esters is 1. The van der Waals surface area contributed by atoms with Gasteiger partial charge < -0.3 is 14.8 Å². The van der Waals surface area contributed by atoms with Crippen LogP contribution in [0, 0.1) is 6.92 Å². The van der Waals surface area contributed by atoms with Crippen LogP contribution in [-0.4, -0.2) is 19.0 Å². The van der Waals surface area contributed by atoms with Crippen molar-refractivity contribution in [2.45, 2.75) is 13.5 Å². The lowest BCUT2D eigenvalue weighted by molar-refractivity contribution is 0.0470. The molecule has 5 nitrogen and oxygen atoms in total. The topological polar surface area (TPSA) is 64.6 Å². The summed E-state index contributed by atoms with van der Waals surface area (Å²) in [6, 6.07) is 15.9. The first kappa shape index (κ1) is 18.7. The minimum atomic E-state index is -0.467. The summed E-state index contributed by atoms with van der Waals surface area (Å²) < 4.78 is 10.7. The summed E-state index contributed by atoms with van der Waals surface area (Å²) in [5.41, 5.74) is 2.76. The number of hydrogen-bond donors (Lipinski definition) is 1. The Labute approximate surface area is 161 Å². The van der Waals surface area contributed by atoms with Crippen molar-refractivity contribution in [2.75, 3.05) is 12.4 Å². The first-order valence-electron chi connectivity index (χ1n) is 8.32. The summed E-state index contributed by atoms with van der Waals surface area (Å²) >= 11 is 1.36. The third kappa shape index (κ3) is 4.74. The lowest BCUT2D eigenvalue weighted by Crippen LogP contribution is -2.11. The quantitative estimate of drug-likeness (QED) is 0.630. The highest BCUT2D eigenvalue weighted by Gasteiger charge is 2.12. The second-order valence-corrected chi connectivity index (χ2v) is 6.85. The van der Waals surface area contributed by atoms with Gasteiger partial charge in [0.2, 0.25) is 0 Å². The van der Waals surface area contributed by atoms with Gasteiger partial charge in [-0.25, -0.2) is 4.79 Å². The maximum atomic E-state index is 12.4. The molecule has 0 atom stereocenters. The molecule has 138 valence electrons. The Hall–Kier alpha value is -3.12. The highest BCUT2D eigenvalue weighted by atomic mass is 32.1. The van der Waals surface area contributed by atoms with E-state index in [-0.39, 0.29) is 12.5 Å². The van der Waals surface area contributed by atoms with Gasteiger partial charge >= 0.3 is 5.97 Å². The third-order valence-electron chi connectivity index (χ3n) is 3.90. The number of carbonyl (C=O) groups is 2. The minimum absolute atomic E-state index is 0.107. The molecule has 0 radical (unpaired) electrons. The number of carbonyl (C=O) groups excluding carboxylic acids is 2. The molecule has 3 rings (SSSR count). The summed E-state index contributed by atoms with van der Waals surface area (Å²) in [4.78, 5) is 25.1. The summed E-state index contributed by atoms with van der Waals surface area (Å²) in [5.74, 6) is -0.00356. The van der Waals surface area contributed by atoms with Gasteiger partial charge in [0.15, 0.2) is 0 Å². The molecule has 0 aliphatic carbocycles. The Balaban J connectivity index is 1.67. The van der Waals surface area contributed by atoms with Crippen molar-refractivity contribution in [1.82, 2.24) is 0 Å². The Morgan fingerprint density at radius 2 is 1.93 bits per heavy atom. The van der Waals surface area contributed by atoms with Gasteiger partial charge in [-0.15, -0.1) is 11.3 Å². The first-order chi connectivity index (χ1) is 13.1. The summed E-state index contributed by atoms with van der Waals surface area (Å²) in [5, 5.41) is 4.62. The van der Waals surface area contributed by atoms with Crippen molar-refractivity contribution in [3.63, 3.8) is 0 Å². The van der Waals surface area contributed by atoms with E-state index in [1.165, 1.54) is 11.3 Å². The molecule has 1 heterocycles. The fourth-order valence-electron chi connectivity index (χ4n) is 2.57. The van der Waals surface area contributed by atoms with Crippen molar-refractivity contribution in [3.05, 3.63) is 81.5 Å². The van der Waals surface area contributed by atoms with Crippen LogP contribution in [0.5, 0.6) is 5.75 Å². The fourth-order valence-corrected chi connectivity index (χ4v) is 3.19. The molecule has 1 N–H and O–H groups in total. The minimum Gasteiger partial charge on any atom is -0.496 e. The molecule has 27 heavy (non-hydrogen) atoms. The van der Waals surface area contributed by atoms with Gasteiger partial charge in [-0.2, -0.15) is 0 Å². The molecule has 0 aliphatic rings. The van der Waals surface area contributed by atoms with E-state index in [4.69, 9.17) is 9.47 Å². The van der Waals surface area contributed by atoms with E-state index in [1.807, 2.05) is 36.6 Å². The van der Waals surface area contributed by atoms with Crippen molar-refractivity contribution in [1.29, 1.82) is 0 Å². The molecule has 0 fully saturated rings. The second kappa shape index (κ2) is 8.51. The fraction of sp³-hybridized carbons (Fsp3) is 0.143. The first-order valence-corrected chi connectivity index (χ1v) is 9.20. The predicted octanol–water partition coefficient (Wildman–Crippen LogP) is 4.67. The van der Waals surface area contributed by atoms with Crippen LogP contribution in [0.1, 0.15) is 31.2 Å². The smallest absolute Gasteiger partial charge is 0.338 e. The maximum Gasteiger partial charge on any atom is 0.338 e. The highest BCUT2D eigenvalue weighted by molar-refractivity contribution is 7.12. The largest absolute Gasteiger partial charge is 0.496 e. The van der Waals surface area contributed by atoms with E-state index in [2.05, 4.69) is 5.32 Å². The van der Waals surface area contributed by atoms with E-state index in [0.29, 0.717) is 21.9 Å². The zero-order valence-electron chi connectivity index (χ0n) is 15.0. The summed E-state index contributed by atoms with van der Waals surface area (Å²) in [6.45, 7) is 2.07. The Morgan fingerprint density at radius 1 is 1.07 bits per heavy atom.